The van der Waals surface area contributed by atoms with Gasteiger partial charge in [-0.05, 0) is 61.2 Å². The number of phenols is 1. The first-order chi connectivity index (χ1) is 27.4. The minimum absolute atomic E-state index is 0.0947. The molecule has 1 aliphatic rings. The summed E-state index contributed by atoms with van der Waals surface area (Å²) in [4.78, 5) is 77.9. The fraction of sp³-hybridized carbons (Fsp3) is 0.455. The highest BCUT2D eigenvalue weighted by molar-refractivity contribution is 7.46. The van der Waals surface area contributed by atoms with Crippen LogP contribution in [0.15, 0.2) is 63.7 Å². The number of nitrogens with one attached hydrogen (secondary N) is 2. The van der Waals surface area contributed by atoms with Crippen LogP contribution < -0.4 is 22.1 Å². The van der Waals surface area contributed by atoms with Crippen LogP contribution in [0.25, 0.3) is 0 Å². The Balaban J connectivity index is 1.28. The van der Waals surface area contributed by atoms with E-state index in [0.29, 0.717) is 37.4 Å². The van der Waals surface area contributed by atoms with E-state index in [1.807, 2.05) is 0 Å². The molecule has 2 aromatic carbocycles. The lowest BCUT2D eigenvalue weighted by Crippen LogP contribution is -2.38. The van der Waals surface area contributed by atoms with Gasteiger partial charge in [0.1, 0.15) is 35.6 Å². The Morgan fingerprint density at radius 3 is 2.41 bits per heavy atom. The number of aryl methyl sites for hydroxylation is 1. The van der Waals surface area contributed by atoms with Crippen molar-refractivity contribution in [3.8, 4) is 5.75 Å². The van der Waals surface area contributed by atoms with Crippen LogP contribution in [0.4, 0.5) is 17.2 Å². The second kappa shape index (κ2) is 21.5. The number of azo groups is 1. The largest absolute Gasteiger partial charge is 0.506 e. The summed E-state index contributed by atoms with van der Waals surface area (Å²) in [5.41, 5.74) is 6.92. The Morgan fingerprint density at radius 1 is 0.983 bits per heavy atom. The Morgan fingerprint density at radius 2 is 1.72 bits per heavy atom. The molecule has 1 saturated heterocycles. The maximum Gasteiger partial charge on any atom is 0.470 e. The number of benzene rings is 2. The van der Waals surface area contributed by atoms with Crippen LogP contribution in [0, 0.1) is 0 Å². The monoisotopic (exact) mass is 857 g/mol. The number of aromatic nitrogens is 2. The van der Waals surface area contributed by atoms with Gasteiger partial charge in [-0.1, -0.05) is 6.07 Å². The number of aliphatic hydroxyl groups is 1. The molecule has 2 heterocycles. The SMILES string of the molecule is COCCOCCC(=O)NCCc1ccc(O)c(/N=N/c2ccc(C(=O)NCCCc3cn([C@@H]4O[C@H](COP(=O)(O)O)C(OP(=O)(O)O)[C@@H]4O)c(=O)nc3N)cc2)c1. The normalized spacial score (nSPS) is 18.4. The molecule has 0 saturated carbocycles. The summed E-state index contributed by atoms with van der Waals surface area (Å²) in [7, 11) is -8.76. The molecule has 10 N–H and O–H groups in total. The minimum atomic E-state index is -5.26. The van der Waals surface area contributed by atoms with Crippen molar-refractivity contribution in [1.29, 1.82) is 0 Å². The molecule has 0 radical (unpaired) electrons. The summed E-state index contributed by atoms with van der Waals surface area (Å²) in [5, 5.41) is 34.9. The van der Waals surface area contributed by atoms with Crippen molar-refractivity contribution in [2.75, 3.05) is 52.4 Å². The van der Waals surface area contributed by atoms with Gasteiger partial charge in [0.15, 0.2) is 6.23 Å². The number of rotatable bonds is 22. The Kier molecular flexibility index (Phi) is 17.1. The molecule has 1 unspecified atom stereocenters. The second-order valence-electron chi connectivity index (χ2n) is 12.6. The highest BCUT2D eigenvalue weighted by atomic mass is 31.2. The first-order valence-electron chi connectivity index (χ1n) is 17.5. The number of hydrogen-bond donors (Lipinski definition) is 9. The van der Waals surface area contributed by atoms with E-state index >= 15 is 0 Å². The van der Waals surface area contributed by atoms with Gasteiger partial charge >= 0.3 is 21.3 Å². The average Bonchev–Trinajstić information content (AvgIpc) is 3.45. The second-order valence-corrected chi connectivity index (χ2v) is 15.1. The lowest BCUT2D eigenvalue weighted by Gasteiger charge is -2.21. The number of hydrogen-bond acceptors (Lipinski definition) is 16. The lowest BCUT2D eigenvalue weighted by atomic mass is 10.1. The number of ether oxygens (including phenoxy) is 3. The Hall–Kier alpha value is -4.48. The molecule has 0 bridgehead atoms. The lowest BCUT2D eigenvalue weighted by molar-refractivity contribution is -0.122. The molecule has 318 valence electrons. The summed E-state index contributed by atoms with van der Waals surface area (Å²) < 4.78 is 48.1. The van der Waals surface area contributed by atoms with E-state index in [4.69, 9.17) is 29.7 Å². The van der Waals surface area contributed by atoms with Crippen LogP contribution in [-0.2, 0) is 50.0 Å². The predicted octanol–water partition coefficient (Wildman–Crippen LogP) is 0.866. The number of nitrogens with two attached hydrogens (primary N) is 1. The van der Waals surface area contributed by atoms with Crippen molar-refractivity contribution in [3.63, 3.8) is 0 Å². The van der Waals surface area contributed by atoms with Gasteiger partial charge in [-0.15, -0.1) is 5.11 Å². The molecule has 1 fully saturated rings. The molecular weight excluding hydrogens is 812 g/mol. The van der Waals surface area contributed by atoms with E-state index in [9.17, 15) is 43.5 Å². The third kappa shape index (κ3) is 14.7. The van der Waals surface area contributed by atoms with Gasteiger partial charge < -0.3 is 60.4 Å². The zero-order valence-corrected chi connectivity index (χ0v) is 32.8. The zero-order valence-electron chi connectivity index (χ0n) is 31.0. The highest BCUT2D eigenvalue weighted by Crippen LogP contribution is 2.45. The van der Waals surface area contributed by atoms with E-state index in [1.54, 1.807) is 31.4 Å². The van der Waals surface area contributed by atoms with E-state index < -0.39 is 58.4 Å². The molecule has 0 aliphatic carbocycles. The van der Waals surface area contributed by atoms with E-state index in [-0.39, 0.29) is 61.1 Å². The summed E-state index contributed by atoms with van der Waals surface area (Å²) in [6.07, 6.45) is -4.76. The maximum absolute atomic E-state index is 12.8. The van der Waals surface area contributed by atoms with Gasteiger partial charge in [0.25, 0.3) is 5.91 Å². The Bertz CT molecular complexity index is 2040. The van der Waals surface area contributed by atoms with Crippen molar-refractivity contribution in [3.05, 3.63) is 75.8 Å². The number of nitrogen functional groups attached to an aromatic ring is 1. The molecule has 4 atom stereocenters. The van der Waals surface area contributed by atoms with Crippen LogP contribution in [0.1, 0.15) is 40.6 Å². The number of methoxy groups -OCH3 is 1. The number of phosphoric ester groups is 2. The Labute approximate surface area is 330 Å². The number of phenolic OH excluding ortho intramolecular Hbond substituents is 1. The van der Waals surface area contributed by atoms with Crippen LogP contribution in [0.5, 0.6) is 5.75 Å². The number of aromatic hydroxyl groups is 1. The minimum Gasteiger partial charge on any atom is -0.506 e. The van der Waals surface area contributed by atoms with Gasteiger partial charge in [-0.25, -0.2) is 13.9 Å². The average molecular weight is 858 g/mol. The molecule has 3 aromatic rings. The molecular formula is C33H45N7O16P2. The quantitative estimate of drug-likeness (QED) is 0.0384. The van der Waals surface area contributed by atoms with Gasteiger partial charge in [0.05, 0.1) is 32.1 Å². The number of amides is 2. The molecule has 58 heavy (non-hydrogen) atoms. The van der Waals surface area contributed by atoms with Gasteiger partial charge in [0.2, 0.25) is 5.91 Å². The van der Waals surface area contributed by atoms with E-state index in [2.05, 4.69) is 34.9 Å². The number of anilines is 1. The van der Waals surface area contributed by atoms with E-state index in [0.717, 1.165) is 10.1 Å². The van der Waals surface area contributed by atoms with Crippen LogP contribution in [-0.4, -0.2) is 116 Å². The standard InChI is InChI=1S/C33H45N7O16P2/c1-52-15-16-53-14-11-27(42)35-13-10-20-4-9-25(41)24(17-20)39-38-23-7-5-21(6-8-23)31(44)36-12-2-3-22-18-40(33(45)37-30(22)34)32-28(43)29(56-58(49,50)51)26(55-32)19-54-57(46,47)48/h4-9,17-18,26,28-29,32,41,43H,2-3,10-16,19H2,1H3,(H,35,42)(H,36,44)(H2,34,37,45)(H2,46,47,48)(H2,49,50,51)/b39-38+/t26-,28+,29?,32-/m1/s1. The van der Waals surface area contributed by atoms with Gasteiger partial charge in [-0.2, -0.15) is 10.1 Å². The summed E-state index contributed by atoms with van der Waals surface area (Å²) >= 11 is 0. The number of nitrogens with zero attached hydrogens (tertiary/aromatic N) is 4. The number of phosphoric acid groups is 2. The number of carbonyl (C=O) groups is 2. The highest BCUT2D eigenvalue weighted by Gasteiger charge is 2.49. The summed E-state index contributed by atoms with van der Waals surface area (Å²) in [5.74, 6) is -0.838. The maximum atomic E-state index is 12.8. The summed E-state index contributed by atoms with van der Waals surface area (Å²) in [6.45, 7) is 0.700. The first-order valence-corrected chi connectivity index (χ1v) is 20.6. The molecule has 4 rings (SSSR count). The third-order valence-electron chi connectivity index (χ3n) is 8.30. The van der Waals surface area contributed by atoms with Crippen LogP contribution >= 0.6 is 15.6 Å². The van der Waals surface area contributed by atoms with Crippen LogP contribution in [0.2, 0.25) is 0 Å². The molecule has 1 aliphatic heterocycles. The smallest absolute Gasteiger partial charge is 0.470 e. The predicted molar refractivity (Wildman–Crippen MR) is 201 cm³/mol. The van der Waals surface area contributed by atoms with Crippen molar-refractivity contribution in [2.45, 2.75) is 50.2 Å². The fourth-order valence-electron chi connectivity index (χ4n) is 5.46. The molecule has 2 amide bonds. The van der Waals surface area contributed by atoms with Crippen molar-refractivity contribution in [1.82, 2.24) is 20.2 Å². The third-order valence-corrected chi connectivity index (χ3v) is 9.31. The molecule has 1 aromatic heterocycles. The topological polar surface area (TPSA) is 345 Å². The molecule has 0 spiro atoms. The molecule has 25 heteroatoms. The first kappa shape index (κ1) is 46.2. The van der Waals surface area contributed by atoms with E-state index in [1.165, 1.54) is 24.4 Å². The van der Waals surface area contributed by atoms with Crippen molar-refractivity contribution < 1.29 is 71.8 Å². The van der Waals surface area contributed by atoms with Crippen molar-refractivity contribution in [2.24, 2.45) is 10.2 Å². The fourth-order valence-corrected chi connectivity index (χ4v) is 6.38. The number of carbonyl (C=O) groups excluding carboxylic acids is 2. The summed E-state index contributed by atoms with van der Waals surface area (Å²) in [6, 6.07) is 11.0. The van der Waals surface area contributed by atoms with Crippen molar-refractivity contribution >= 4 is 44.7 Å². The van der Waals surface area contributed by atoms with Gasteiger partial charge in [0, 0.05) is 43.9 Å². The van der Waals surface area contributed by atoms with Crippen LogP contribution in [0.3, 0.4) is 0 Å². The number of aliphatic hydroxyl groups excluding tert-OH is 1. The molecule has 23 nitrogen and oxygen atoms in total. The van der Waals surface area contributed by atoms with Gasteiger partial charge in [-0.3, -0.25) is 23.2 Å². The zero-order chi connectivity index (χ0) is 42.5.